The first-order valence-electron chi connectivity index (χ1n) is 7.90. The van der Waals surface area contributed by atoms with Gasteiger partial charge in [-0.1, -0.05) is 22.8 Å². The number of methoxy groups -OCH3 is 2. The minimum Gasteiger partial charge on any atom is -0.497 e. The minimum atomic E-state index is -0.608. The topological polar surface area (TPSA) is 73.6 Å². The van der Waals surface area contributed by atoms with Crippen LogP contribution in [0, 0.1) is 12.7 Å². The van der Waals surface area contributed by atoms with E-state index in [1.807, 2.05) is 0 Å². The van der Waals surface area contributed by atoms with E-state index < -0.39 is 11.7 Å². The number of aromatic nitrogens is 1. The van der Waals surface area contributed by atoms with Crippen LogP contribution >= 0.6 is 11.6 Å². The number of rotatable bonds is 5. The molecule has 140 valence electrons. The van der Waals surface area contributed by atoms with Gasteiger partial charge >= 0.3 is 0 Å². The second kappa shape index (κ2) is 7.67. The van der Waals surface area contributed by atoms with Crippen molar-refractivity contribution in [2.24, 2.45) is 0 Å². The van der Waals surface area contributed by atoms with Crippen LogP contribution in [0.15, 0.2) is 40.9 Å². The molecule has 1 amide bonds. The first kappa shape index (κ1) is 18.7. The number of nitrogens with zero attached hydrogens (tertiary/aromatic N) is 1. The third-order valence-corrected chi connectivity index (χ3v) is 4.26. The van der Waals surface area contributed by atoms with Crippen LogP contribution in [-0.2, 0) is 0 Å². The maximum Gasteiger partial charge on any atom is 0.261 e. The van der Waals surface area contributed by atoms with Gasteiger partial charge < -0.3 is 19.3 Å². The number of carbonyl (C=O) groups is 1. The van der Waals surface area contributed by atoms with Crippen molar-refractivity contribution in [3.8, 4) is 22.8 Å². The number of anilines is 1. The van der Waals surface area contributed by atoms with Gasteiger partial charge in [-0.2, -0.15) is 0 Å². The molecule has 0 radical (unpaired) electrons. The van der Waals surface area contributed by atoms with Crippen LogP contribution in [0.4, 0.5) is 10.1 Å². The standard InChI is InChI=1S/C19H16ClFN2O4/c1-10-16(18(23-27-10)17-12(20)5-4-6-13(17)21)19(24)22-14-9-11(25-2)7-8-15(14)26-3/h4-9H,1-3H3,(H,22,24). The fraction of sp³-hybridized carbons (Fsp3) is 0.158. The van der Waals surface area contributed by atoms with E-state index in [4.69, 9.17) is 25.6 Å². The molecular weight excluding hydrogens is 375 g/mol. The summed E-state index contributed by atoms with van der Waals surface area (Å²) in [6, 6.07) is 9.17. The van der Waals surface area contributed by atoms with Gasteiger partial charge in [-0.05, 0) is 31.2 Å². The van der Waals surface area contributed by atoms with Gasteiger partial charge in [0.1, 0.15) is 34.3 Å². The molecule has 0 spiro atoms. The fourth-order valence-corrected chi connectivity index (χ4v) is 2.88. The zero-order valence-corrected chi connectivity index (χ0v) is 15.6. The molecule has 0 bridgehead atoms. The predicted molar refractivity (Wildman–Crippen MR) is 99.1 cm³/mol. The van der Waals surface area contributed by atoms with E-state index in [1.54, 1.807) is 25.1 Å². The van der Waals surface area contributed by atoms with Crippen LogP contribution in [0.1, 0.15) is 16.1 Å². The number of benzene rings is 2. The number of ether oxygens (including phenoxy) is 2. The molecule has 3 rings (SSSR count). The molecule has 1 aromatic heterocycles. The average Bonchev–Trinajstić information content (AvgIpc) is 3.02. The molecule has 6 nitrogen and oxygen atoms in total. The van der Waals surface area contributed by atoms with E-state index in [1.165, 1.54) is 32.4 Å². The van der Waals surface area contributed by atoms with Gasteiger partial charge in [0.25, 0.3) is 5.91 Å². The molecule has 0 aliphatic carbocycles. The Balaban J connectivity index is 2.04. The molecule has 27 heavy (non-hydrogen) atoms. The summed E-state index contributed by atoms with van der Waals surface area (Å²) in [6.45, 7) is 1.56. The molecule has 0 aliphatic heterocycles. The van der Waals surface area contributed by atoms with Crippen LogP contribution < -0.4 is 14.8 Å². The summed E-state index contributed by atoms with van der Waals surface area (Å²) < 4.78 is 29.9. The molecule has 0 unspecified atom stereocenters. The number of nitrogens with one attached hydrogen (secondary N) is 1. The van der Waals surface area contributed by atoms with Crippen molar-refractivity contribution in [3.63, 3.8) is 0 Å². The molecule has 1 heterocycles. The van der Waals surface area contributed by atoms with Crippen LogP contribution in [-0.4, -0.2) is 25.3 Å². The quantitative estimate of drug-likeness (QED) is 0.682. The molecule has 8 heteroatoms. The molecule has 3 aromatic rings. The van der Waals surface area contributed by atoms with Gasteiger partial charge in [0.15, 0.2) is 0 Å². The molecule has 1 N–H and O–H groups in total. The van der Waals surface area contributed by atoms with Crippen molar-refractivity contribution >= 4 is 23.2 Å². The highest BCUT2D eigenvalue weighted by Crippen LogP contribution is 2.35. The largest absolute Gasteiger partial charge is 0.497 e. The smallest absolute Gasteiger partial charge is 0.261 e. The summed E-state index contributed by atoms with van der Waals surface area (Å²) >= 11 is 6.11. The Hall–Kier alpha value is -3.06. The summed E-state index contributed by atoms with van der Waals surface area (Å²) in [7, 11) is 2.99. The van der Waals surface area contributed by atoms with Crippen molar-refractivity contribution in [2.45, 2.75) is 6.92 Å². The lowest BCUT2D eigenvalue weighted by Crippen LogP contribution is -2.14. The highest BCUT2D eigenvalue weighted by Gasteiger charge is 2.26. The van der Waals surface area contributed by atoms with Crippen molar-refractivity contribution in [1.29, 1.82) is 0 Å². The summed E-state index contributed by atoms with van der Waals surface area (Å²) in [5.74, 6) is 0.0383. The minimum absolute atomic E-state index is 0.00114. The highest BCUT2D eigenvalue weighted by molar-refractivity contribution is 6.33. The average molecular weight is 391 g/mol. The van der Waals surface area contributed by atoms with Crippen LogP contribution in [0.5, 0.6) is 11.5 Å². The lowest BCUT2D eigenvalue weighted by molar-refractivity contribution is 0.102. The van der Waals surface area contributed by atoms with E-state index in [2.05, 4.69) is 10.5 Å². The summed E-state index contributed by atoms with van der Waals surface area (Å²) in [5.41, 5.74) is 0.480. The second-order valence-corrected chi connectivity index (χ2v) is 5.99. The van der Waals surface area contributed by atoms with E-state index >= 15 is 0 Å². The van der Waals surface area contributed by atoms with Crippen LogP contribution in [0.3, 0.4) is 0 Å². The third kappa shape index (κ3) is 3.59. The Morgan fingerprint density at radius 1 is 1.22 bits per heavy atom. The van der Waals surface area contributed by atoms with Crippen LogP contribution in [0.2, 0.25) is 5.02 Å². The lowest BCUT2D eigenvalue weighted by atomic mass is 10.0. The number of halogens is 2. The van der Waals surface area contributed by atoms with E-state index in [0.29, 0.717) is 17.2 Å². The Bertz CT molecular complexity index is 983. The molecule has 0 aliphatic rings. The number of hydrogen-bond donors (Lipinski definition) is 1. The van der Waals surface area contributed by atoms with Crippen molar-refractivity contribution in [3.05, 3.63) is 58.6 Å². The Morgan fingerprint density at radius 2 is 2.00 bits per heavy atom. The molecule has 2 aromatic carbocycles. The first-order chi connectivity index (χ1) is 13.0. The predicted octanol–water partition coefficient (Wildman–Crippen LogP) is 4.71. The molecule has 0 atom stereocenters. The van der Waals surface area contributed by atoms with Gasteiger partial charge in [-0.25, -0.2) is 4.39 Å². The van der Waals surface area contributed by atoms with Gasteiger partial charge in [0.05, 0.1) is 30.5 Å². The van der Waals surface area contributed by atoms with Crippen LogP contribution in [0.25, 0.3) is 11.3 Å². The zero-order chi connectivity index (χ0) is 19.6. The summed E-state index contributed by atoms with van der Waals surface area (Å²) in [5, 5.41) is 6.67. The molecule has 0 fully saturated rings. The third-order valence-electron chi connectivity index (χ3n) is 3.94. The Labute approximate surface area is 159 Å². The number of aryl methyl sites for hydroxylation is 1. The SMILES string of the molecule is COc1ccc(OC)c(NC(=O)c2c(-c3c(F)cccc3Cl)noc2C)c1. The maximum absolute atomic E-state index is 14.3. The van der Waals surface area contributed by atoms with E-state index in [-0.39, 0.29) is 27.6 Å². The zero-order valence-electron chi connectivity index (χ0n) is 14.8. The van der Waals surface area contributed by atoms with Gasteiger partial charge in [-0.15, -0.1) is 0 Å². The lowest BCUT2D eigenvalue weighted by Gasteiger charge is -2.12. The van der Waals surface area contributed by atoms with E-state index in [9.17, 15) is 9.18 Å². The van der Waals surface area contributed by atoms with Crippen molar-refractivity contribution in [1.82, 2.24) is 5.16 Å². The molecular formula is C19H16ClFN2O4. The number of hydrogen-bond acceptors (Lipinski definition) is 5. The fourth-order valence-electron chi connectivity index (χ4n) is 2.63. The normalized spacial score (nSPS) is 10.6. The van der Waals surface area contributed by atoms with Crippen molar-refractivity contribution in [2.75, 3.05) is 19.5 Å². The van der Waals surface area contributed by atoms with E-state index in [0.717, 1.165) is 0 Å². The Kier molecular flexibility index (Phi) is 5.32. The summed E-state index contributed by atoms with van der Waals surface area (Å²) in [4.78, 5) is 12.9. The van der Waals surface area contributed by atoms with Gasteiger partial charge in [-0.3, -0.25) is 4.79 Å². The Morgan fingerprint density at radius 3 is 2.67 bits per heavy atom. The second-order valence-electron chi connectivity index (χ2n) is 5.58. The number of carbonyl (C=O) groups excluding carboxylic acids is 1. The van der Waals surface area contributed by atoms with Gasteiger partial charge in [0, 0.05) is 6.07 Å². The van der Waals surface area contributed by atoms with Crippen molar-refractivity contribution < 1.29 is 23.2 Å². The monoisotopic (exact) mass is 390 g/mol. The summed E-state index contributed by atoms with van der Waals surface area (Å²) in [6.07, 6.45) is 0. The first-order valence-corrected chi connectivity index (χ1v) is 8.28. The number of amides is 1. The highest BCUT2D eigenvalue weighted by atomic mass is 35.5. The van der Waals surface area contributed by atoms with Gasteiger partial charge in [0.2, 0.25) is 0 Å². The molecule has 0 saturated heterocycles. The maximum atomic E-state index is 14.3. The molecule has 0 saturated carbocycles.